The van der Waals surface area contributed by atoms with Crippen molar-refractivity contribution in [2.75, 3.05) is 5.32 Å². The van der Waals surface area contributed by atoms with Crippen molar-refractivity contribution in [1.82, 2.24) is 29.8 Å². The molecule has 0 atom stereocenters. The van der Waals surface area contributed by atoms with E-state index in [9.17, 15) is 13.2 Å². The molecular weight excluding hydrogens is 323 g/mol. The first-order valence-corrected chi connectivity index (χ1v) is 7.07. The summed E-state index contributed by atoms with van der Waals surface area (Å²) in [6.45, 7) is 1.03. The Kier molecular flexibility index (Phi) is 4.19. The summed E-state index contributed by atoms with van der Waals surface area (Å²) < 4.78 is 40.1. The van der Waals surface area contributed by atoms with Crippen molar-refractivity contribution in [1.29, 1.82) is 0 Å². The average molecular weight is 337 g/mol. The van der Waals surface area contributed by atoms with E-state index in [1.165, 1.54) is 23.4 Å². The summed E-state index contributed by atoms with van der Waals surface area (Å²) in [7, 11) is 0. The highest BCUT2D eigenvalue weighted by Crippen LogP contribution is 2.20. The number of aryl methyl sites for hydroxylation is 1. The Balaban J connectivity index is 1.70. The van der Waals surface area contributed by atoms with Gasteiger partial charge >= 0.3 is 6.18 Å². The quantitative estimate of drug-likeness (QED) is 0.774. The van der Waals surface area contributed by atoms with Crippen LogP contribution in [0.2, 0.25) is 0 Å². The van der Waals surface area contributed by atoms with Crippen LogP contribution in [0.1, 0.15) is 11.4 Å². The van der Waals surface area contributed by atoms with E-state index in [-0.39, 0.29) is 6.54 Å². The van der Waals surface area contributed by atoms with Crippen molar-refractivity contribution < 1.29 is 13.2 Å². The van der Waals surface area contributed by atoms with Gasteiger partial charge in [-0.15, -0.1) is 5.10 Å². The van der Waals surface area contributed by atoms with Gasteiger partial charge in [0.25, 0.3) is 0 Å². The summed E-state index contributed by atoms with van der Waals surface area (Å²) >= 11 is 0. The third-order valence-electron chi connectivity index (χ3n) is 3.39. The van der Waals surface area contributed by atoms with E-state index >= 15 is 0 Å². The fraction of sp³-hybridized carbons (Fsp3) is 0.286. The number of imidazole rings is 1. The highest BCUT2D eigenvalue weighted by molar-refractivity contribution is 5.53. The number of rotatable bonds is 5. The molecule has 2 heterocycles. The van der Waals surface area contributed by atoms with Gasteiger partial charge in [0.15, 0.2) is 0 Å². The number of alkyl halides is 3. The molecule has 0 saturated carbocycles. The van der Waals surface area contributed by atoms with Gasteiger partial charge in [0.2, 0.25) is 0 Å². The Morgan fingerprint density at radius 2 is 2.08 bits per heavy atom. The minimum Gasteiger partial charge on any atom is -0.378 e. The lowest BCUT2D eigenvalue weighted by Crippen LogP contribution is -2.20. The van der Waals surface area contributed by atoms with E-state index in [1.54, 1.807) is 6.07 Å². The van der Waals surface area contributed by atoms with E-state index in [0.717, 1.165) is 21.5 Å². The molecule has 0 saturated heterocycles. The summed E-state index contributed by atoms with van der Waals surface area (Å²) in [5.41, 5.74) is 2.51. The standard InChI is InChI=1S/C14H14F3N7/c1-10-6-11(2-3-12(10)24-9-20-21-22-24)19-7-13-18-4-5-23(13)8-14(15,16)17/h2-6,9,19H,7-8H2,1H3. The molecule has 0 radical (unpaired) electrons. The molecule has 3 rings (SSSR count). The molecule has 1 aromatic carbocycles. The van der Waals surface area contributed by atoms with Gasteiger partial charge in [0.05, 0.1) is 12.2 Å². The van der Waals surface area contributed by atoms with Crippen molar-refractivity contribution in [3.63, 3.8) is 0 Å². The van der Waals surface area contributed by atoms with Crippen LogP contribution in [0.15, 0.2) is 36.9 Å². The Bertz CT molecular complexity index is 808. The molecule has 3 aromatic rings. The maximum absolute atomic E-state index is 12.5. The summed E-state index contributed by atoms with van der Waals surface area (Å²) in [5.74, 6) is 0.314. The fourth-order valence-electron chi connectivity index (χ4n) is 2.32. The van der Waals surface area contributed by atoms with Crippen LogP contribution in [0.4, 0.5) is 18.9 Å². The van der Waals surface area contributed by atoms with Gasteiger partial charge in [-0.1, -0.05) is 0 Å². The number of aromatic nitrogens is 6. The molecule has 2 aromatic heterocycles. The third-order valence-corrected chi connectivity index (χ3v) is 3.39. The van der Waals surface area contributed by atoms with Gasteiger partial charge in [-0.3, -0.25) is 0 Å². The van der Waals surface area contributed by atoms with E-state index in [1.807, 2.05) is 19.1 Å². The molecule has 0 aliphatic heterocycles. The molecule has 7 nitrogen and oxygen atoms in total. The summed E-state index contributed by atoms with van der Waals surface area (Å²) in [6, 6.07) is 5.51. The summed E-state index contributed by atoms with van der Waals surface area (Å²) in [6.07, 6.45) is -0.117. The van der Waals surface area contributed by atoms with Gasteiger partial charge in [-0.25, -0.2) is 9.67 Å². The molecule has 0 bridgehead atoms. The second kappa shape index (κ2) is 6.30. The maximum atomic E-state index is 12.5. The van der Waals surface area contributed by atoms with Crippen LogP contribution in [-0.4, -0.2) is 35.9 Å². The van der Waals surface area contributed by atoms with Crippen molar-refractivity contribution >= 4 is 5.69 Å². The summed E-state index contributed by atoms with van der Waals surface area (Å²) in [4.78, 5) is 3.97. The van der Waals surface area contributed by atoms with Crippen LogP contribution < -0.4 is 5.32 Å². The first-order valence-electron chi connectivity index (χ1n) is 7.07. The average Bonchev–Trinajstić information content (AvgIpc) is 3.15. The Morgan fingerprint density at radius 1 is 1.25 bits per heavy atom. The number of tetrazole rings is 1. The normalized spacial score (nSPS) is 11.7. The third kappa shape index (κ3) is 3.70. The molecule has 0 spiro atoms. The number of benzene rings is 1. The molecule has 0 fully saturated rings. The zero-order chi connectivity index (χ0) is 17.2. The molecule has 24 heavy (non-hydrogen) atoms. The molecule has 126 valence electrons. The molecule has 0 aliphatic carbocycles. The fourth-order valence-corrected chi connectivity index (χ4v) is 2.32. The lowest BCUT2D eigenvalue weighted by atomic mass is 10.2. The van der Waals surface area contributed by atoms with Crippen molar-refractivity contribution in [2.45, 2.75) is 26.2 Å². The number of nitrogens with zero attached hydrogens (tertiary/aromatic N) is 6. The first-order chi connectivity index (χ1) is 11.4. The van der Waals surface area contributed by atoms with Gasteiger partial charge in [0.1, 0.15) is 18.7 Å². The lowest BCUT2D eigenvalue weighted by molar-refractivity contribution is -0.141. The second-order valence-corrected chi connectivity index (χ2v) is 5.20. The van der Waals surface area contributed by atoms with Crippen LogP contribution in [0.5, 0.6) is 0 Å². The van der Waals surface area contributed by atoms with Gasteiger partial charge in [0, 0.05) is 18.1 Å². The first kappa shape index (κ1) is 16.0. The van der Waals surface area contributed by atoms with E-state index in [0.29, 0.717) is 5.82 Å². The number of halogens is 3. The number of hydrogen-bond donors (Lipinski definition) is 1. The minimum atomic E-state index is -4.28. The Morgan fingerprint density at radius 3 is 2.75 bits per heavy atom. The van der Waals surface area contributed by atoms with E-state index in [2.05, 4.69) is 25.8 Å². The lowest BCUT2D eigenvalue weighted by Gasteiger charge is -2.13. The molecule has 10 heteroatoms. The smallest absolute Gasteiger partial charge is 0.378 e. The monoisotopic (exact) mass is 337 g/mol. The number of nitrogens with one attached hydrogen (secondary N) is 1. The Hall–Kier alpha value is -2.91. The molecule has 0 amide bonds. The SMILES string of the molecule is Cc1cc(NCc2nccn2CC(F)(F)F)ccc1-n1cnnn1. The zero-order valence-electron chi connectivity index (χ0n) is 12.7. The molecular formula is C14H14F3N7. The van der Waals surface area contributed by atoms with Gasteiger partial charge in [-0.05, 0) is 41.1 Å². The van der Waals surface area contributed by atoms with Gasteiger partial charge in [-0.2, -0.15) is 13.2 Å². The number of hydrogen-bond acceptors (Lipinski definition) is 5. The second-order valence-electron chi connectivity index (χ2n) is 5.20. The predicted octanol–water partition coefficient (Wildman–Crippen LogP) is 2.34. The van der Waals surface area contributed by atoms with Crippen molar-refractivity contribution in [3.8, 4) is 5.69 Å². The van der Waals surface area contributed by atoms with Crippen LogP contribution in [0.3, 0.4) is 0 Å². The van der Waals surface area contributed by atoms with Crippen LogP contribution in [0.25, 0.3) is 5.69 Å². The van der Waals surface area contributed by atoms with E-state index < -0.39 is 12.7 Å². The molecule has 0 unspecified atom stereocenters. The van der Waals surface area contributed by atoms with Crippen LogP contribution in [0, 0.1) is 6.92 Å². The summed E-state index contributed by atoms with van der Waals surface area (Å²) in [5, 5.41) is 14.1. The largest absolute Gasteiger partial charge is 0.406 e. The van der Waals surface area contributed by atoms with Crippen LogP contribution in [-0.2, 0) is 13.1 Å². The highest BCUT2D eigenvalue weighted by atomic mass is 19.4. The van der Waals surface area contributed by atoms with E-state index in [4.69, 9.17) is 0 Å². The Labute approximate surface area is 135 Å². The molecule has 0 aliphatic rings. The van der Waals surface area contributed by atoms with Gasteiger partial charge < -0.3 is 9.88 Å². The van der Waals surface area contributed by atoms with Crippen molar-refractivity contribution in [3.05, 3.63) is 48.3 Å². The maximum Gasteiger partial charge on any atom is 0.406 e. The minimum absolute atomic E-state index is 0.187. The number of anilines is 1. The van der Waals surface area contributed by atoms with Crippen LogP contribution >= 0.6 is 0 Å². The highest BCUT2D eigenvalue weighted by Gasteiger charge is 2.28. The molecule has 1 N–H and O–H groups in total. The van der Waals surface area contributed by atoms with Crippen molar-refractivity contribution in [2.24, 2.45) is 0 Å². The topological polar surface area (TPSA) is 73.5 Å². The predicted molar refractivity (Wildman–Crippen MR) is 79.5 cm³/mol. The zero-order valence-corrected chi connectivity index (χ0v) is 12.7.